The lowest BCUT2D eigenvalue weighted by Gasteiger charge is -2.07. The molecule has 94 valence electrons. The molecule has 0 radical (unpaired) electrons. The van der Waals surface area contributed by atoms with Crippen molar-refractivity contribution in [1.29, 1.82) is 0 Å². The minimum atomic E-state index is -1.04. The summed E-state index contributed by atoms with van der Waals surface area (Å²) in [5.41, 5.74) is 1.29. The number of aromatic nitrogens is 1. The number of halogens is 2. The van der Waals surface area contributed by atoms with Crippen molar-refractivity contribution in [3.05, 3.63) is 58.9 Å². The van der Waals surface area contributed by atoms with E-state index in [0.29, 0.717) is 11.1 Å². The molecular formula is C13H11F2NO2. The molecule has 0 spiro atoms. The maximum Gasteiger partial charge on any atom is 0.352 e. The molecule has 18 heavy (non-hydrogen) atoms. The van der Waals surface area contributed by atoms with Gasteiger partial charge < -0.3 is 9.67 Å². The summed E-state index contributed by atoms with van der Waals surface area (Å²) in [4.78, 5) is 11.1. The van der Waals surface area contributed by atoms with Crippen molar-refractivity contribution in [2.45, 2.75) is 13.5 Å². The van der Waals surface area contributed by atoms with Crippen LogP contribution in [0, 0.1) is 18.6 Å². The van der Waals surface area contributed by atoms with E-state index in [9.17, 15) is 13.6 Å². The standard InChI is InChI=1S/C13H11F2NO2/c1-8-4-5-16(12(8)13(17)18)7-9-2-3-10(14)11(15)6-9/h2-6H,7H2,1H3,(H,17,18). The molecule has 5 heteroatoms. The van der Waals surface area contributed by atoms with Crippen LogP contribution in [-0.4, -0.2) is 15.6 Å². The van der Waals surface area contributed by atoms with Gasteiger partial charge in [-0.3, -0.25) is 0 Å². The molecule has 2 aromatic rings. The lowest BCUT2D eigenvalue weighted by atomic mass is 10.2. The lowest BCUT2D eigenvalue weighted by Crippen LogP contribution is -2.10. The Kier molecular flexibility index (Phi) is 3.14. The van der Waals surface area contributed by atoms with E-state index >= 15 is 0 Å². The molecule has 2 rings (SSSR count). The summed E-state index contributed by atoms with van der Waals surface area (Å²) in [6, 6.07) is 5.19. The van der Waals surface area contributed by atoms with Gasteiger partial charge in [-0.1, -0.05) is 6.07 Å². The van der Waals surface area contributed by atoms with E-state index in [1.165, 1.54) is 10.6 Å². The van der Waals surface area contributed by atoms with Crippen LogP contribution in [0.15, 0.2) is 30.5 Å². The third-order valence-electron chi connectivity index (χ3n) is 2.70. The zero-order valence-electron chi connectivity index (χ0n) is 9.65. The fourth-order valence-corrected chi connectivity index (χ4v) is 1.84. The van der Waals surface area contributed by atoms with Crippen LogP contribution in [0.5, 0.6) is 0 Å². The molecule has 0 fully saturated rings. The summed E-state index contributed by atoms with van der Waals surface area (Å²) in [5, 5.41) is 9.06. The van der Waals surface area contributed by atoms with Gasteiger partial charge in [0.15, 0.2) is 11.6 Å². The van der Waals surface area contributed by atoms with Gasteiger partial charge in [0.25, 0.3) is 0 Å². The third-order valence-corrected chi connectivity index (χ3v) is 2.70. The number of carboxylic acids is 1. The molecule has 0 bridgehead atoms. The Bertz CT molecular complexity index is 605. The van der Waals surface area contributed by atoms with E-state index in [1.807, 2.05) is 0 Å². The quantitative estimate of drug-likeness (QED) is 0.911. The minimum absolute atomic E-state index is 0.153. The topological polar surface area (TPSA) is 42.2 Å². The molecule has 0 amide bonds. The molecule has 0 unspecified atom stereocenters. The van der Waals surface area contributed by atoms with E-state index in [0.717, 1.165) is 12.1 Å². The Balaban J connectivity index is 2.34. The number of benzene rings is 1. The van der Waals surface area contributed by atoms with Crippen LogP contribution in [0.1, 0.15) is 21.6 Å². The maximum atomic E-state index is 13.0. The molecule has 0 atom stereocenters. The Morgan fingerprint density at radius 2 is 2.00 bits per heavy atom. The van der Waals surface area contributed by atoms with Gasteiger partial charge in [-0.05, 0) is 36.2 Å². The summed E-state index contributed by atoms with van der Waals surface area (Å²) < 4.78 is 27.3. The van der Waals surface area contributed by atoms with Crippen LogP contribution < -0.4 is 0 Å². The number of aromatic carboxylic acids is 1. The normalized spacial score (nSPS) is 10.6. The Labute approximate surface area is 102 Å². The monoisotopic (exact) mass is 251 g/mol. The molecule has 0 saturated heterocycles. The van der Waals surface area contributed by atoms with Crippen LogP contribution in [0.2, 0.25) is 0 Å². The SMILES string of the molecule is Cc1ccn(Cc2ccc(F)c(F)c2)c1C(=O)O. The Morgan fingerprint density at radius 3 is 2.61 bits per heavy atom. The van der Waals surface area contributed by atoms with Gasteiger partial charge in [-0.25, -0.2) is 13.6 Å². The molecule has 0 aliphatic heterocycles. The maximum absolute atomic E-state index is 13.0. The molecule has 0 aliphatic carbocycles. The van der Waals surface area contributed by atoms with Gasteiger partial charge in [0.05, 0.1) is 0 Å². The van der Waals surface area contributed by atoms with Gasteiger partial charge in [0.2, 0.25) is 0 Å². The van der Waals surface area contributed by atoms with Gasteiger partial charge in [-0.15, -0.1) is 0 Å². The minimum Gasteiger partial charge on any atom is -0.477 e. The number of carboxylic acid groups (broad SMARTS) is 1. The van der Waals surface area contributed by atoms with E-state index in [-0.39, 0.29) is 12.2 Å². The van der Waals surface area contributed by atoms with Crippen LogP contribution >= 0.6 is 0 Å². The van der Waals surface area contributed by atoms with Crippen LogP contribution in [0.25, 0.3) is 0 Å². The van der Waals surface area contributed by atoms with E-state index in [1.54, 1.807) is 19.2 Å². The van der Waals surface area contributed by atoms with Crippen molar-refractivity contribution in [2.75, 3.05) is 0 Å². The van der Waals surface area contributed by atoms with E-state index in [2.05, 4.69) is 0 Å². The first-order valence-corrected chi connectivity index (χ1v) is 5.32. The Hall–Kier alpha value is -2.17. The van der Waals surface area contributed by atoms with Gasteiger partial charge in [-0.2, -0.15) is 0 Å². The molecule has 0 aliphatic rings. The first-order valence-electron chi connectivity index (χ1n) is 5.32. The number of nitrogens with zero attached hydrogens (tertiary/aromatic N) is 1. The zero-order valence-corrected chi connectivity index (χ0v) is 9.65. The van der Waals surface area contributed by atoms with Crippen molar-refractivity contribution >= 4 is 5.97 Å². The third kappa shape index (κ3) is 2.25. The van der Waals surface area contributed by atoms with Crippen LogP contribution in [-0.2, 0) is 6.54 Å². The summed E-state index contributed by atoms with van der Waals surface area (Å²) in [6.45, 7) is 1.87. The highest BCUT2D eigenvalue weighted by molar-refractivity contribution is 5.87. The fourth-order valence-electron chi connectivity index (χ4n) is 1.84. The number of rotatable bonds is 3. The predicted octanol–water partition coefficient (Wildman–Crippen LogP) is 2.82. The lowest BCUT2D eigenvalue weighted by molar-refractivity contribution is 0.0685. The second-order valence-corrected chi connectivity index (χ2v) is 4.03. The molecule has 3 nitrogen and oxygen atoms in total. The summed E-state index contributed by atoms with van der Waals surface area (Å²) in [5.74, 6) is -2.89. The number of hydrogen-bond donors (Lipinski definition) is 1. The van der Waals surface area contributed by atoms with Crippen molar-refractivity contribution in [3.63, 3.8) is 0 Å². The summed E-state index contributed by atoms with van der Waals surface area (Å²) in [6.07, 6.45) is 1.61. The van der Waals surface area contributed by atoms with Gasteiger partial charge >= 0.3 is 5.97 Å². The summed E-state index contributed by atoms with van der Waals surface area (Å²) in [7, 11) is 0. The Morgan fingerprint density at radius 1 is 1.28 bits per heavy atom. The predicted molar refractivity (Wildman–Crippen MR) is 61.6 cm³/mol. The average Bonchev–Trinajstić information content (AvgIpc) is 2.65. The summed E-state index contributed by atoms with van der Waals surface area (Å²) >= 11 is 0. The van der Waals surface area contributed by atoms with Crippen molar-refractivity contribution in [2.24, 2.45) is 0 Å². The molecule has 1 aromatic heterocycles. The molecule has 1 N–H and O–H groups in total. The molecule has 1 heterocycles. The number of aryl methyl sites for hydroxylation is 1. The highest BCUT2D eigenvalue weighted by Gasteiger charge is 2.13. The van der Waals surface area contributed by atoms with Crippen molar-refractivity contribution < 1.29 is 18.7 Å². The van der Waals surface area contributed by atoms with Gasteiger partial charge in [0, 0.05) is 12.7 Å². The van der Waals surface area contributed by atoms with Crippen LogP contribution in [0.4, 0.5) is 8.78 Å². The van der Waals surface area contributed by atoms with Gasteiger partial charge in [0.1, 0.15) is 5.69 Å². The highest BCUT2D eigenvalue weighted by atomic mass is 19.2. The molecule has 1 aromatic carbocycles. The first-order chi connectivity index (χ1) is 8.49. The molecular weight excluding hydrogens is 240 g/mol. The second-order valence-electron chi connectivity index (χ2n) is 4.03. The zero-order chi connectivity index (χ0) is 13.3. The van der Waals surface area contributed by atoms with Crippen LogP contribution in [0.3, 0.4) is 0 Å². The average molecular weight is 251 g/mol. The van der Waals surface area contributed by atoms with Crippen molar-refractivity contribution in [1.82, 2.24) is 4.57 Å². The first kappa shape index (κ1) is 12.3. The number of carbonyl (C=O) groups is 1. The number of hydrogen-bond acceptors (Lipinski definition) is 1. The van der Waals surface area contributed by atoms with Crippen molar-refractivity contribution in [3.8, 4) is 0 Å². The smallest absolute Gasteiger partial charge is 0.352 e. The highest BCUT2D eigenvalue weighted by Crippen LogP contribution is 2.14. The van der Waals surface area contributed by atoms with E-state index in [4.69, 9.17) is 5.11 Å². The van der Waals surface area contributed by atoms with E-state index < -0.39 is 17.6 Å². The fraction of sp³-hybridized carbons (Fsp3) is 0.154. The second kappa shape index (κ2) is 4.60. The molecule has 0 saturated carbocycles. The largest absolute Gasteiger partial charge is 0.477 e.